The number of aromatic amines is 2. The summed E-state index contributed by atoms with van der Waals surface area (Å²) in [5, 5.41) is 11.1. The first-order chi connectivity index (χ1) is 17.2. The smallest absolute Gasteiger partial charge is 0.159 e. The summed E-state index contributed by atoms with van der Waals surface area (Å²) in [5.41, 5.74) is 4.95. The molecule has 0 atom stereocenters. The maximum atomic E-state index is 16.0. The summed E-state index contributed by atoms with van der Waals surface area (Å²) in [6.45, 7) is 5.53. The van der Waals surface area contributed by atoms with Crippen LogP contribution in [0.5, 0.6) is 0 Å². The van der Waals surface area contributed by atoms with Crippen molar-refractivity contribution in [1.82, 2.24) is 35.5 Å². The summed E-state index contributed by atoms with van der Waals surface area (Å²) in [4.78, 5) is 19.4. The average molecular weight is 471 g/mol. The number of aromatic nitrogens is 6. The van der Waals surface area contributed by atoms with Crippen molar-refractivity contribution >= 4 is 27.8 Å². The first kappa shape index (κ1) is 21.7. The van der Waals surface area contributed by atoms with Crippen LogP contribution < -0.4 is 10.2 Å². The number of nitrogens with one attached hydrogen (secondary N) is 3. The lowest BCUT2D eigenvalue weighted by Gasteiger charge is -2.27. The molecule has 0 radical (unpaired) electrons. The lowest BCUT2D eigenvalue weighted by Crippen LogP contribution is -2.30. The molecule has 4 aromatic heterocycles. The SMILES string of the molecule is CCNCc1cncc(-c2ccc3[nH]nc(-c4nc5c(N6CCCCC6)nccc5[nH]4)c3c2F)c1. The molecule has 0 aliphatic carbocycles. The Bertz CT molecular complexity index is 1500. The highest BCUT2D eigenvalue weighted by Crippen LogP contribution is 2.35. The lowest BCUT2D eigenvalue weighted by molar-refractivity contribution is 0.574. The average Bonchev–Trinajstić information content (AvgIpc) is 3.53. The Morgan fingerprint density at radius 2 is 1.97 bits per heavy atom. The summed E-state index contributed by atoms with van der Waals surface area (Å²) in [6.07, 6.45) is 8.83. The number of rotatable bonds is 6. The van der Waals surface area contributed by atoms with E-state index in [1.807, 2.05) is 18.2 Å². The van der Waals surface area contributed by atoms with Gasteiger partial charge < -0.3 is 15.2 Å². The fraction of sp³-hybridized carbons (Fsp3) is 0.308. The summed E-state index contributed by atoms with van der Waals surface area (Å²) in [7, 11) is 0. The van der Waals surface area contributed by atoms with Crippen molar-refractivity contribution in [3.8, 4) is 22.6 Å². The molecule has 9 heteroatoms. The molecule has 3 N–H and O–H groups in total. The van der Waals surface area contributed by atoms with Crippen LogP contribution >= 0.6 is 0 Å². The van der Waals surface area contributed by atoms with E-state index in [0.29, 0.717) is 34.5 Å². The van der Waals surface area contributed by atoms with Crippen molar-refractivity contribution in [2.45, 2.75) is 32.7 Å². The highest BCUT2D eigenvalue weighted by molar-refractivity contribution is 5.97. The monoisotopic (exact) mass is 470 g/mol. The second-order valence-corrected chi connectivity index (χ2v) is 8.95. The molecule has 0 unspecified atom stereocenters. The molecule has 0 amide bonds. The minimum Gasteiger partial charge on any atom is -0.355 e. The van der Waals surface area contributed by atoms with E-state index in [9.17, 15) is 0 Å². The summed E-state index contributed by atoms with van der Waals surface area (Å²) < 4.78 is 16.0. The molecule has 35 heavy (non-hydrogen) atoms. The molecule has 0 saturated carbocycles. The van der Waals surface area contributed by atoms with Gasteiger partial charge >= 0.3 is 0 Å². The van der Waals surface area contributed by atoms with Crippen molar-refractivity contribution in [2.75, 3.05) is 24.5 Å². The third kappa shape index (κ3) is 3.91. The van der Waals surface area contributed by atoms with Gasteiger partial charge in [-0.25, -0.2) is 14.4 Å². The number of hydrogen-bond donors (Lipinski definition) is 3. The molecule has 1 fully saturated rings. The molecule has 5 aromatic rings. The number of nitrogens with zero attached hydrogens (tertiary/aromatic N) is 5. The van der Waals surface area contributed by atoms with Crippen LogP contribution in [-0.2, 0) is 6.54 Å². The van der Waals surface area contributed by atoms with Gasteiger partial charge in [0.05, 0.1) is 16.4 Å². The molecule has 8 nitrogen and oxygen atoms in total. The predicted molar refractivity (Wildman–Crippen MR) is 136 cm³/mol. The lowest BCUT2D eigenvalue weighted by atomic mass is 10.0. The number of halogens is 1. The largest absolute Gasteiger partial charge is 0.355 e. The summed E-state index contributed by atoms with van der Waals surface area (Å²) in [5.74, 6) is 1.05. The Morgan fingerprint density at radius 3 is 2.83 bits per heavy atom. The molecule has 1 aliphatic rings. The first-order valence-electron chi connectivity index (χ1n) is 12.1. The second-order valence-electron chi connectivity index (χ2n) is 8.95. The number of imidazole rings is 1. The van der Waals surface area contributed by atoms with Crippen LogP contribution in [-0.4, -0.2) is 49.8 Å². The highest BCUT2D eigenvalue weighted by Gasteiger charge is 2.22. The van der Waals surface area contributed by atoms with E-state index in [1.165, 1.54) is 6.42 Å². The van der Waals surface area contributed by atoms with Crippen molar-refractivity contribution in [3.63, 3.8) is 0 Å². The molecule has 5 heterocycles. The van der Waals surface area contributed by atoms with Crippen molar-refractivity contribution < 1.29 is 4.39 Å². The molecule has 1 aliphatic heterocycles. The predicted octanol–water partition coefficient (Wildman–Crippen LogP) is 4.80. The Hall–Kier alpha value is -3.85. The number of hydrogen-bond acceptors (Lipinski definition) is 6. The molecule has 0 bridgehead atoms. The van der Waals surface area contributed by atoms with E-state index in [2.05, 4.69) is 42.3 Å². The van der Waals surface area contributed by atoms with Crippen molar-refractivity contribution in [3.05, 3.63) is 54.2 Å². The van der Waals surface area contributed by atoms with Gasteiger partial charge in [-0.15, -0.1) is 0 Å². The number of fused-ring (bicyclic) bond motifs is 2. The summed E-state index contributed by atoms with van der Waals surface area (Å²) in [6, 6.07) is 7.49. The van der Waals surface area contributed by atoms with Gasteiger partial charge in [0.1, 0.15) is 17.0 Å². The van der Waals surface area contributed by atoms with Crippen LogP contribution in [0.25, 0.3) is 44.6 Å². The number of anilines is 1. The molecule has 1 aromatic carbocycles. The fourth-order valence-corrected chi connectivity index (χ4v) is 4.84. The number of piperidine rings is 1. The highest BCUT2D eigenvalue weighted by atomic mass is 19.1. The van der Waals surface area contributed by atoms with Crippen LogP contribution in [0.2, 0.25) is 0 Å². The normalized spacial score (nSPS) is 14.3. The maximum absolute atomic E-state index is 16.0. The van der Waals surface area contributed by atoms with E-state index >= 15 is 4.39 Å². The van der Waals surface area contributed by atoms with Gasteiger partial charge in [-0.2, -0.15) is 5.10 Å². The van der Waals surface area contributed by atoms with Crippen LogP contribution in [0.3, 0.4) is 0 Å². The third-order valence-electron chi connectivity index (χ3n) is 6.61. The molecule has 1 saturated heterocycles. The number of H-pyrrole nitrogens is 2. The van der Waals surface area contributed by atoms with E-state index in [0.717, 1.165) is 60.5 Å². The van der Waals surface area contributed by atoms with Crippen LogP contribution in [0.1, 0.15) is 31.7 Å². The fourth-order valence-electron chi connectivity index (χ4n) is 4.84. The topological polar surface area (TPSA) is 98.4 Å². The molecular formula is C26H27FN8. The van der Waals surface area contributed by atoms with Gasteiger partial charge in [-0.3, -0.25) is 10.1 Å². The van der Waals surface area contributed by atoms with Gasteiger partial charge in [0, 0.05) is 49.4 Å². The van der Waals surface area contributed by atoms with Gasteiger partial charge in [0.15, 0.2) is 11.6 Å². The molecular weight excluding hydrogens is 443 g/mol. The van der Waals surface area contributed by atoms with Crippen LogP contribution in [0.15, 0.2) is 42.9 Å². The Kier molecular flexibility index (Phi) is 5.61. The van der Waals surface area contributed by atoms with Gasteiger partial charge in [0.25, 0.3) is 0 Å². The minimum absolute atomic E-state index is 0.344. The van der Waals surface area contributed by atoms with Gasteiger partial charge in [-0.1, -0.05) is 6.92 Å². The molecule has 0 spiro atoms. The Balaban J connectivity index is 1.44. The zero-order valence-corrected chi connectivity index (χ0v) is 19.6. The zero-order valence-electron chi connectivity index (χ0n) is 19.6. The van der Waals surface area contributed by atoms with E-state index in [1.54, 1.807) is 24.7 Å². The van der Waals surface area contributed by atoms with Gasteiger partial charge in [-0.05, 0) is 55.6 Å². The maximum Gasteiger partial charge on any atom is 0.159 e. The standard InChI is InChI=1S/C26H27FN8/c1-2-28-13-16-12-17(15-29-14-16)18-6-7-19-21(22(18)27)24(34-33-19)25-31-20-8-9-30-26(23(20)32-25)35-10-4-3-5-11-35/h6-9,12,14-15,28H,2-5,10-11,13H2,1H3,(H,31,32)(H,33,34). The Labute approximate surface area is 202 Å². The second kappa shape index (κ2) is 9.07. The van der Waals surface area contributed by atoms with E-state index in [-0.39, 0.29) is 5.82 Å². The summed E-state index contributed by atoms with van der Waals surface area (Å²) >= 11 is 0. The number of benzene rings is 1. The number of pyridine rings is 2. The minimum atomic E-state index is -0.344. The van der Waals surface area contributed by atoms with E-state index in [4.69, 9.17) is 4.98 Å². The third-order valence-corrected chi connectivity index (χ3v) is 6.61. The quantitative estimate of drug-likeness (QED) is 0.330. The van der Waals surface area contributed by atoms with Crippen molar-refractivity contribution in [2.24, 2.45) is 0 Å². The first-order valence-corrected chi connectivity index (χ1v) is 12.1. The molecule has 178 valence electrons. The van der Waals surface area contributed by atoms with Crippen molar-refractivity contribution in [1.29, 1.82) is 0 Å². The van der Waals surface area contributed by atoms with Gasteiger partial charge in [0.2, 0.25) is 0 Å². The van der Waals surface area contributed by atoms with E-state index < -0.39 is 0 Å². The zero-order chi connectivity index (χ0) is 23.8. The Morgan fingerprint density at radius 1 is 1.09 bits per heavy atom. The van der Waals surface area contributed by atoms with Crippen LogP contribution in [0, 0.1) is 5.82 Å². The molecule has 6 rings (SSSR count). The van der Waals surface area contributed by atoms with Crippen LogP contribution in [0.4, 0.5) is 10.2 Å².